The highest BCUT2D eigenvalue weighted by atomic mass is 79.9. The molecule has 2 nitrogen and oxygen atoms in total. The lowest BCUT2D eigenvalue weighted by Gasteiger charge is -2.17. The molecular formula is C7H12BrFO2. The van der Waals surface area contributed by atoms with E-state index >= 15 is 0 Å². The summed E-state index contributed by atoms with van der Waals surface area (Å²) >= 11 is 2.65. The molecule has 2 atom stereocenters. The molecule has 11 heavy (non-hydrogen) atoms. The first-order valence-corrected chi connectivity index (χ1v) is 4.22. The van der Waals surface area contributed by atoms with E-state index in [-0.39, 0.29) is 18.8 Å². The Kier molecular flexibility index (Phi) is 4.84. The molecule has 0 amide bonds. The van der Waals surface area contributed by atoms with Gasteiger partial charge in [-0.05, 0) is 22.4 Å². The second-order valence-corrected chi connectivity index (χ2v) is 3.67. The molecule has 0 saturated carbocycles. The van der Waals surface area contributed by atoms with Gasteiger partial charge in [-0.1, -0.05) is 6.92 Å². The second-order valence-electron chi connectivity index (χ2n) is 2.35. The minimum Gasteiger partial charge on any atom is -0.381 e. The van der Waals surface area contributed by atoms with Crippen LogP contribution in [0.3, 0.4) is 0 Å². The predicted octanol–water partition coefficient (Wildman–Crippen LogP) is 2.06. The Hall–Kier alpha value is 0.0400. The minimum absolute atomic E-state index is 0.0590. The second kappa shape index (κ2) is 4.83. The summed E-state index contributed by atoms with van der Waals surface area (Å²) in [6.45, 7) is 1.88. The van der Waals surface area contributed by atoms with E-state index in [0.29, 0.717) is 6.42 Å². The van der Waals surface area contributed by atoms with E-state index in [1.807, 2.05) is 6.92 Å². The van der Waals surface area contributed by atoms with Crippen molar-refractivity contribution in [2.24, 2.45) is 0 Å². The first kappa shape index (κ1) is 11.0. The molecule has 0 rings (SSSR count). The molecule has 0 N–H and O–H groups in total. The van der Waals surface area contributed by atoms with Gasteiger partial charge < -0.3 is 4.74 Å². The number of hydrogen-bond acceptors (Lipinski definition) is 2. The van der Waals surface area contributed by atoms with E-state index in [1.54, 1.807) is 0 Å². The summed E-state index contributed by atoms with van der Waals surface area (Å²) in [5.41, 5.74) is 0. The van der Waals surface area contributed by atoms with Gasteiger partial charge in [-0.3, -0.25) is 4.79 Å². The van der Waals surface area contributed by atoms with Crippen LogP contribution in [0.1, 0.15) is 19.8 Å². The van der Waals surface area contributed by atoms with Crippen molar-refractivity contribution < 1.29 is 13.9 Å². The summed E-state index contributed by atoms with van der Waals surface area (Å²) in [6.07, 6.45) is 0.796. The van der Waals surface area contributed by atoms with Gasteiger partial charge in [0.25, 0.3) is 0 Å². The van der Waals surface area contributed by atoms with Crippen LogP contribution in [0.5, 0.6) is 0 Å². The van der Waals surface area contributed by atoms with Gasteiger partial charge in [0.15, 0.2) is 6.29 Å². The predicted molar refractivity (Wildman–Crippen MR) is 44.5 cm³/mol. The fraction of sp³-hybridized carbons (Fsp3) is 0.857. The van der Waals surface area contributed by atoms with E-state index < -0.39 is 4.58 Å². The summed E-state index contributed by atoms with van der Waals surface area (Å²) in [6, 6.07) is 0. The van der Waals surface area contributed by atoms with E-state index in [0.717, 1.165) is 0 Å². The smallest absolute Gasteiger partial charge is 0.222 e. The van der Waals surface area contributed by atoms with E-state index in [2.05, 4.69) is 15.9 Å². The molecule has 0 saturated heterocycles. The van der Waals surface area contributed by atoms with Crippen LogP contribution in [0.25, 0.3) is 0 Å². The van der Waals surface area contributed by atoms with Crippen LogP contribution in [0.2, 0.25) is 0 Å². The zero-order valence-electron chi connectivity index (χ0n) is 6.64. The van der Waals surface area contributed by atoms with Gasteiger partial charge in [-0.25, -0.2) is 4.39 Å². The summed E-state index contributed by atoms with van der Waals surface area (Å²) < 4.78 is 15.9. The van der Waals surface area contributed by atoms with Crippen molar-refractivity contribution in [3.8, 4) is 0 Å². The molecular weight excluding hydrogens is 215 g/mol. The molecule has 0 aliphatic carbocycles. The fourth-order valence-electron chi connectivity index (χ4n) is 0.746. The van der Waals surface area contributed by atoms with Gasteiger partial charge in [-0.2, -0.15) is 0 Å². The molecule has 66 valence electrons. The van der Waals surface area contributed by atoms with Crippen LogP contribution in [0.4, 0.5) is 4.39 Å². The van der Waals surface area contributed by atoms with Crippen molar-refractivity contribution in [1.82, 2.24) is 0 Å². The number of rotatable bonds is 5. The highest BCUT2D eigenvalue weighted by molar-refractivity contribution is 9.10. The molecule has 0 spiro atoms. The third kappa shape index (κ3) is 4.48. The van der Waals surface area contributed by atoms with Crippen LogP contribution < -0.4 is 0 Å². The van der Waals surface area contributed by atoms with Crippen molar-refractivity contribution in [3.63, 3.8) is 0 Å². The highest BCUT2D eigenvalue weighted by Crippen LogP contribution is 2.25. The van der Waals surface area contributed by atoms with Crippen molar-refractivity contribution in [3.05, 3.63) is 0 Å². The van der Waals surface area contributed by atoms with Crippen LogP contribution >= 0.6 is 15.9 Å². The van der Waals surface area contributed by atoms with Gasteiger partial charge in [0.1, 0.15) is 0 Å². The highest BCUT2D eigenvalue weighted by Gasteiger charge is 2.28. The molecule has 0 bridgehead atoms. The number of hydrogen-bond donors (Lipinski definition) is 0. The van der Waals surface area contributed by atoms with E-state index in [1.165, 1.54) is 7.11 Å². The van der Waals surface area contributed by atoms with Gasteiger partial charge in [0.05, 0.1) is 6.10 Å². The normalized spacial score (nSPS) is 18.9. The topological polar surface area (TPSA) is 26.3 Å². The number of methoxy groups -OCH3 is 1. The number of halogens is 2. The van der Waals surface area contributed by atoms with Gasteiger partial charge in [0.2, 0.25) is 4.58 Å². The average molecular weight is 227 g/mol. The van der Waals surface area contributed by atoms with Gasteiger partial charge in [-0.15, -0.1) is 0 Å². The number of alkyl halides is 2. The summed E-state index contributed by atoms with van der Waals surface area (Å²) in [5, 5.41) is 0. The molecule has 2 unspecified atom stereocenters. The van der Waals surface area contributed by atoms with Gasteiger partial charge in [0, 0.05) is 13.5 Å². The maximum Gasteiger partial charge on any atom is 0.222 e. The fourth-order valence-corrected chi connectivity index (χ4v) is 1.11. The largest absolute Gasteiger partial charge is 0.381 e. The minimum atomic E-state index is -1.93. The Labute approximate surface area is 74.2 Å². The lowest BCUT2D eigenvalue weighted by Crippen LogP contribution is -2.24. The van der Waals surface area contributed by atoms with Crippen LogP contribution in [-0.2, 0) is 9.53 Å². The molecule has 0 aliphatic heterocycles. The van der Waals surface area contributed by atoms with Crippen molar-refractivity contribution in [2.45, 2.75) is 30.4 Å². The monoisotopic (exact) mass is 226 g/mol. The zero-order valence-corrected chi connectivity index (χ0v) is 8.23. The van der Waals surface area contributed by atoms with Crippen LogP contribution in [0.15, 0.2) is 0 Å². The Morgan fingerprint density at radius 1 is 1.82 bits per heavy atom. The zero-order chi connectivity index (χ0) is 8.91. The molecule has 4 heteroatoms. The third-order valence-electron chi connectivity index (χ3n) is 1.46. The Bertz CT molecular complexity index is 124. The molecule has 0 heterocycles. The SMILES string of the molecule is CCC(CC(F)(Br)C=O)OC. The Morgan fingerprint density at radius 3 is 2.64 bits per heavy atom. The quantitative estimate of drug-likeness (QED) is 0.530. The number of carbonyl (C=O) groups is 1. The van der Waals surface area contributed by atoms with E-state index in [4.69, 9.17) is 4.74 Å². The summed E-state index contributed by atoms with van der Waals surface area (Å²) in [4.78, 5) is 10.1. The van der Waals surface area contributed by atoms with E-state index in [9.17, 15) is 9.18 Å². The molecule has 0 aliphatic rings. The van der Waals surface area contributed by atoms with Crippen molar-refractivity contribution in [1.29, 1.82) is 0 Å². The molecule has 0 fully saturated rings. The maximum absolute atomic E-state index is 12.9. The Balaban J connectivity index is 3.88. The molecule has 0 aromatic carbocycles. The van der Waals surface area contributed by atoms with Crippen molar-refractivity contribution >= 4 is 22.2 Å². The lowest BCUT2D eigenvalue weighted by atomic mass is 10.1. The first-order chi connectivity index (χ1) is 5.05. The molecule has 0 aromatic rings. The van der Waals surface area contributed by atoms with Gasteiger partial charge >= 0.3 is 0 Å². The van der Waals surface area contributed by atoms with Crippen LogP contribution in [0, 0.1) is 0 Å². The summed E-state index contributed by atoms with van der Waals surface area (Å²) in [5.74, 6) is 0. The lowest BCUT2D eigenvalue weighted by molar-refractivity contribution is -0.114. The average Bonchev–Trinajstić information content (AvgIpc) is 2.00. The maximum atomic E-state index is 12.9. The first-order valence-electron chi connectivity index (χ1n) is 3.42. The third-order valence-corrected chi connectivity index (χ3v) is 1.97. The number of aldehydes is 1. The molecule has 0 radical (unpaired) electrons. The number of ether oxygens (including phenoxy) is 1. The molecule has 0 aromatic heterocycles. The number of carbonyl (C=O) groups excluding carboxylic acids is 1. The Morgan fingerprint density at radius 2 is 2.36 bits per heavy atom. The van der Waals surface area contributed by atoms with Crippen LogP contribution in [-0.4, -0.2) is 24.1 Å². The van der Waals surface area contributed by atoms with Crippen molar-refractivity contribution in [2.75, 3.05) is 7.11 Å². The summed E-state index contributed by atoms with van der Waals surface area (Å²) in [7, 11) is 1.50. The standard InChI is InChI=1S/C7H12BrFO2/c1-3-6(11-2)4-7(8,9)5-10/h5-6H,3-4H2,1-2H3.